The Balaban J connectivity index is 1.56. The molecule has 2 aliphatic heterocycles. The normalized spacial score (nSPS) is 21.7. The molecule has 4 heteroatoms. The Morgan fingerprint density at radius 1 is 0.667 bits per heavy atom. The Bertz CT molecular complexity index is 1780. The standard InChI is InChI=1S/C38H31N3O/c1-27-15-14-22-31(25-27)33-26-34(28-16-6-2-7-17-28)39-35(29-18-8-3-9-19-29)38(33)36(30-20-10-4-11-21-30)40-41(37(38)42)32-23-12-5-13-24-32/h2-25,33,35H,26H2,1H3/t33-,35+,38+/m1/s1. The molecule has 42 heavy (non-hydrogen) atoms. The molecule has 0 aliphatic carbocycles. The number of hydrogen-bond donors (Lipinski definition) is 0. The summed E-state index contributed by atoms with van der Waals surface area (Å²) in [6.45, 7) is 2.11. The van der Waals surface area contributed by atoms with Gasteiger partial charge in [-0.05, 0) is 47.7 Å². The summed E-state index contributed by atoms with van der Waals surface area (Å²) < 4.78 is 0. The summed E-state index contributed by atoms with van der Waals surface area (Å²) in [5.41, 5.74) is 6.71. The van der Waals surface area contributed by atoms with Crippen molar-refractivity contribution in [2.75, 3.05) is 5.01 Å². The van der Waals surface area contributed by atoms with Gasteiger partial charge in [-0.15, -0.1) is 0 Å². The zero-order valence-electron chi connectivity index (χ0n) is 23.5. The molecule has 204 valence electrons. The number of benzene rings is 5. The van der Waals surface area contributed by atoms with E-state index in [1.807, 2.05) is 72.8 Å². The number of aryl methyl sites for hydroxylation is 1. The first-order chi connectivity index (χ1) is 20.7. The highest BCUT2D eigenvalue weighted by molar-refractivity contribution is 6.27. The zero-order valence-corrected chi connectivity index (χ0v) is 23.5. The number of aliphatic imine (C=N–C) groups is 1. The average molecular weight is 546 g/mol. The van der Waals surface area contributed by atoms with Gasteiger partial charge in [-0.25, -0.2) is 0 Å². The molecule has 0 unspecified atom stereocenters. The summed E-state index contributed by atoms with van der Waals surface area (Å²) in [4.78, 5) is 20.8. The number of hydrogen-bond acceptors (Lipinski definition) is 3. The Morgan fingerprint density at radius 2 is 1.24 bits per heavy atom. The van der Waals surface area contributed by atoms with Crippen molar-refractivity contribution in [3.8, 4) is 0 Å². The fourth-order valence-corrected chi connectivity index (χ4v) is 6.62. The van der Waals surface area contributed by atoms with Crippen LogP contribution in [-0.4, -0.2) is 17.3 Å². The van der Waals surface area contributed by atoms with E-state index in [9.17, 15) is 0 Å². The van der Waals surface area contributed by atoms with Gasteiger partial charge in [-0.2, -0.15) is 10.1 Å². The molecule has 0 fully saturated rings. The van der Waals surface area contributed by atoms with Crippen molar-refractivity contribution in [2.24, 2.45) is 15.5 Å². The summed E-state index contributed by atoms with van der Waals surface area (Å²) in [5, 5.41) is 6.80. The van der Waals surface area contributed by atoms with Crippen LogP contribution in [0.1, 0.15) is 46.2 Å². The quantitative estimate of drug-likeness (QED) is 0.220. The van der Waals surface area contributed by atoms with E-state index in [1.54, 1.807) is 5.01 Å². The Morgan fingerprint density at radius 3 is 1.88 bits per heavy atom. The van der Waals surface area contributed by atoms with Crippen LogP contribution in [0.3, 0.4) is 0 Å². The first-order valence-corrected chi connectivity index (χ1v) is 14.4. The molecule has 2 aliphatic rings. The number of anilines is 1. The van der Waals surface area contributed by atoms with E-state index < -0.39 is 11.5 Å². The lowest BCUT2D eigenvalue weighted by Crippen LogP contribution is -2.51. The number of nitrogens with zero attached hydrogens (tertiary/aromatic N) is 3. The van der Waals surface area contributed by atoms with Gasteiger partial charge in [0.1, 0.15) is 5.41 Å². The van der Waals surface area contributed by atoms with Crippen molar-refractivity contribution < 1.29 is 4.79 Å². The summed E-state index contributed by atoms with van der Waals surface area (Å²) in [7, 11) is 0. The van der Waals surface area contributed by atoms with E-state index in [1.165, 1.54) is 0 Å². The highest BCUT2D eigenvalue weighted by atomic mass is 16.2. The maximum absolute atomic E-state index is 15.3. The van der Waals surface area contributed by atoms with E-state index in [4.69, 9.17) is 10.1 Å². The Kier molecular flexibility index (Phi) is 6.59. The predicted molar refractivity (Wildman–Crippen MR) is 170 cm³/mol. The summed E-state index contributed by atoms with van der Waals surface area (Å²) in [5.74, 6) is -0.265. The fourth-order valence-electron chi connectivity index (χ4n) is 6.62. The Hall–Kier alpha value is -5.09. The molecule has 0 aromatic heterocycles. The van der Waals surface area contributed by atoms with Gasteiger partial charge in [0.15, 0.2) is 0 Å². The third-order valence-electron chi connectivity index (χ3n) is 8.52. The molecular weight excluding hydrogens is 514 g/mol. The number of para-hydroxylation sites is 1. The van der Waals surface area contributed by atoms with Crippen LogP contribution < -0.4 is 5.01 Å². The number of carbonyl (C=O) groups is 1. The van der Waals surface area contributed by atoms with Crippen LogP contribution in [-0.2, 0) is 4.79 Å². The van der Waals surface area contributed by atoms with Gasteiger partial charge in [0.25, 0.3) is 5.91 Å². The lowest BCUT2D eigenvalue weighted by Gasteiger charge is -2.45. The molecule has 0 bridgehead atoms. The third kappa shape index (κ3) is 4.27. The number of carbonyl (C=O) groups excluding carboxylic acids is 1. The number of hydrazone groups is 1. The molecule has 2 heterocycles. The molecular formula is C38H31N3O. The van der Waals surface area contributed by atoms with Crippen LogP contribution in [0.25, 0.3) is 0 Å². The van der Waals surface area contributed by atoms with E-state index in [-0.39, 0.29) is 11.8 Å². The predicted octanol–water partition coefficient (Wildman–Crippen LogP) is 8.15. The molecule has 0 saturated carbocycles. The van der Waals surface area contributed by atoms with Crippen LogP contribution >= 0.6 is 0 Å². The maximum atomic E-state index is 15.3. The van der Waals surface area contributed by atoms with E-state index in [0.717, 1.165) is 44.9 Å². The molecule has 4 nitrogen and oxygen atoms in total. The molecule has 1 spiro atoms. The van der Waals surface area contributed by atoms with Gasteiger partial charge in [-0.1, -0.05) is 139 Å². The van der Waals surface area contributed by atoms with E-state index >= 15 is 4.79 Å². The highest BCUT2D eigenvalue weighted by Crippen LogP contribution is 2.58. The van der Waals surface area contributed by atoms with Gasteiger partial charge < -0.3 is 0 Å². The minimum absolute atomic E-state index is 0.0521. The van der Waals surface area contributed by atoms with Crippen LogP contribution in [0, 0.1) is 12.3 Å². The lowest BCUT2D eigenvalue weighted by molar-refractivity contribution is -0.126. The topological polar surface area (TPSA) is 45.0 Å². The highest BCUT2D eigenvalue weighted by Gasteiger charge is 2.63. The van der Waals surface area contributed by atoms with E-state index in [0.29, 0.717) is 6.42 Å². The zero-order chi connectivity index (χ0) is 28.5. The minimum atomic E-state index is -1.08. The lowest BCUT2D eigenvalue weighted by atomic mass is 9.58. The second-order valence-corrected chi connectivity index (χ2v) is 11.1. The van der Waals surface area contributed by atoms with Gasteiger partial charge in [0.05, 0.1) is 17.4 Å². The summed E-state index contributed by atoms with van der Waals surface area (Å²) in [6.07, 6.45) is 0.608. The SMILES string of the molecule is Cc1cccc([C@H]2CC(c3ccccc3)=N[C@@H](c3ccccc3)[C@@]23C(=O)N(c2ccccc2)N=C3c2ccccc2)c1. The molecule has 1 amide bonds. The van der Waals surface area contributed by atoms with Crippen molar-refractivity contribution in [2.45, 2.75) is 25.3 Å². The third-order valence-corrected chi connectivity index (χ3v) is 8.52. The van der Waals surface area contributed by atoms with Crippen molar-refractivity contribution in [1.29, 1.82) is 0 Å². The van der Waals surface area contributed by atoms with Crippen LogP contribution in [0.4, 0.5) is 5.69 Å². The van der Waals surface area contributed by atoms with Crippen molar-refractivity contribution in [1.82, 2.24) is 0 Å². The smallest absolute Gasteiger partial charge is 0.262 e. The summed E-state index contributed by atoms with van der Waals surface area (Å²) >= 11 is 0. The van der Waals surface area contributed by atoms with Crippen LogP contribution in [0.2, 0.25) is 0 Å². The molecule has 3 atom stereocenters. The second kappa shape index (κ2) is 10.7. The number of rotatable bonds is 5. The largest absolute Gasteiger partial charge is 0.279 e. The first-order valence-electron chi connectivity index (χ1n) is 14.4. The average Bonchev–Trinajstić information content (AvgIpc) is 3.35. The van der Waals surface area contributed by atoms with Gasteiger partial charge in [-0.3, -0.25) is 9.79 Å². The van der Waals surface area contributed by atoms with Crippen molar-refractivity contribution >= 4 is 23.0 Å². The Labute approximate surface area is 246 Å². The van der Waals surface area contributed by atoms with Crippen molar-refractivity contribution in [3.63, 3.8) is 0 Å². The van der Waals surface area contributed by atoms with Gasteiger partial charge in [0.2, 0.25) is 0 Å². The fraction of sp³-hybridized carbons (Fsp3) is 0.132. The maximum Gasteiger partial charge on any atom is 0.262 e. The molecule has 0 N–H and O–H groups in total. The first kappa shape index (κ1) is 25.8. The van der Waals surface area contributed by atoms with E-state index in [2.05, 4.69) is 79.7 Å². The molecule has 0 saturated heterocycles. The van der Waals surface area contributed by atoms with Crippen LogP contribution in [0.5, 0.6) is 0 Å². The molecule has 5 aromatic rings. The van der Waals surface area contributed by atoms with Gasteiger partial charge in [0, 0.05) is 11.6 Å². The summed E-state index contributed by atoms with van der Waals surface area (Å²) in [6, 6.07) is 48.6. The molecule has 0 radical (unpaired) electrons. The monoisotopic (exact) mass is 545 g/mol. The van der Waals surface area contributed by atoms with Crippen LogP contribution in [0.15, 0.2) is 156 Å². The molecule has 7 rings (SSSR count). The number of amides is 1. The minimum Gasteiger partial charge on any atom is -0.279 e. The van der Waals surface area contributed by atoms with Crippen molar-refractivity contribution in [3.05, 3.63) is 173 Å². The molecule has 5 aromatic carbocycles. The van der Waals surface area contributed by atoms with Gasteiger partial charge >= 0.3 is 0 Å². The second-order valence-electron chi connectivity index (χ2n) is 11.1.